The van der Waals surface area contributed by atoms with Crippen LogP contribution >= 0.6 is 0 Å². The van der Waals surface area contributed by atoms with Crippen LogP contribution in [0.15, 0.2) is 48.5 Å². The number of fused-ring (bicyclic) bond motifs is 8. The molecule has 0 saturated carbocycles. The van der Waals surface area contributed by atoms with E-state index in [1.165, 1.54) is 61.1 Å². The third-order valence-electron chi connectivity index (χ3n) is 9.43. The van der Waals surface area contributed by atoms with Crippen LogP contribution in [0.2, 0.25) is 0 Å². The Balaban J connectivity index is 1.16. The van der Waals surface area contributed by atoms with Crippen molar-refractivity contribution in [2.24, 2.45) is 11.8 Å². The summed E-state index contributed by atoms with van der Waals surface area (Å²) in [6, 6.07) is 19.6. The second-order valence-corrected chi connectivity index (χ2v) is 10.9. The summed E-state index contributed by atoms with van der Waals surface area (Å²) in [6.45, 7) is 6.05. The third kappa shape index (κ3) is 3.18. The molecule has 0 radical (unpaired) electrons. The lowest BCUT2D eigenvalue weighted by molar-refractivity contribution is 0.0165. The number of H-pyrrole nitrogens is 1. The topological polar surface area (TPSA) is 43.1 Å². The molecule has 0 spiro atoms. The number of hydrogen-bond acceptors (Lipinski definition) is 3. The summed E-state index contributed by atoms with van der Waals surface area (Å²) in [4.78, 5) is 6.65. The van der Waals surface area contributed by atoms with E-state index in [1.807, 2.05) is 0 Å². The van der Waals surface area contributed by atoms with Crippen molar-refractivity contribution in [3.8, 4) is 0 Å². The van der Waals surface area contributed by atoms with Crippen molar-refractivity contribution < 1.29 is 0 Å². The molecule has 172 valence electrons. The zero-order chi connectivity index (χ0) is 21.9. The number of aromatic amines is 1. The van der Waals surface area contributed by atoms with Gasteiger partial charge in [0.15, 0.2) is 0 Å². The predicted octanol–water partition coefficient (Wildman–Crippen LogP) is 5.44. The average molecular weight is 441 g/mol. The quantitative estimate of drug-likeness (QED) is 0.508. The van der Waals surface area contributed by atoms with Crippen LogP contribution in [-0.2, 0) is 6.42 Å². The van der Waals surface area contributed by atoms with Crippen molar-refractivity contribution in [1.82, 2.24) is 15.2 Å². The smallest absolute Gasteiger partial charge is 0.0486 e. The largest absolute Gasteiger partial charge is 0.380 e. The van der Waals surface area contributed by atoms with Crippen LogP contribution < -0.4 is 10.6 Å². The number of anilines is 1. The molecule has 2 fully saturated rings. The Bertz CT molecular complexity index is 1170. The minimum atomic E-state index is 0.458. The molecule has 4 aliphatic rings. The Morgan fingerprint density at radius 3 is 2.85 bits per heavy atom. The van der Waals surface area contributed by atoms with Crippen LogP contribution in [0.3, 0.4) is 0 Å². The fraction of sp³-hybridized carbons (Fsp3) is 0.517. The number of rotatable bonds is 3. The molecule has 6 atom stereocenters. The lowest BCUT2D eigenvalue weighted by Crippen LogP contribution is -2.58. The fourth-order valence-corrected chi connectivity index (χ4v) is 7.81. The first-order valence-electron chi connectivity index (χ1n) is 13.2. The molecular weight excluding hydrogens is 404 g/mol. The number of hydrogen-bond donors (Lipinski definition) is 3. The molecule has 5 heterocycles. The highest BCUT2D eigenvalue weighted by molar-refractivity contribution is 5.85. The second kappa shape index (κ2) is 7.89. The molecule has 7 rings (SSSR count). The molecule has 0 bridgehead atoms. The van der Waals surface area contributed by atoms with E-state index in [0.717, 1.165) is 24.8 Å². The maximum atomic E-state index is 3.96. The summed E-state index contributed by atoms with van der Waals surface area (Å²) >= 11 is 0. The van der Waals surface area contributed by atoms with Gasteiger partial charge in [0.25, 0.3) is 0 Å². The monoisotopic (exact) mass is 440 g/mol. The lowest BCUT2D eigenvalue weighted by Gasteiger charge is -2.51. The van der Waals surface area contributed by atoms with Gasteiger partial charge >= 0.3 is 0 Å². The van der Waals surface area contributed by atoms with Crippen LogP contribution in [0.5, 0.6) is 0 Å². The molecule has 3 aromatic rings. The molecule has 0 aliphatic carbocycles. The van der Waals surface area contributed by atoms with E-state index in [2.05, 4.69) is 76.0 Å². The van der Waals surface area contributed by atoms with Crippen molar-refractivity contribution in [1.29, 1.82) is 0 Å². The number of aromatic nitrogens is 1. The first-order valence-corrected chi connectivity index (χ1v) is 13.2. The van der Waals surface area contributed by atoms with Gasteiger partial charge in [-0.2, -0.15) is 0 Å². The molecule has 4 aliphatic heterocycles. The summed E-state index contributed by atoms with van der Waals surface area (Å²) < 4.78 is 0. The molecule has 2 aromatic carbocycles. The van der Waals surface area contributed by atoms with Gasteiger partial charge in [-0.3, -0.25) is 4.90 Å². The van der Waals surface area contributed by atoms with Gasteiger partial charge in [-0.05, 0) is 73.9 Å². The SMILES string of the molecule is CC[C@H]1CN2CCC3c4ccccc4NC3[C@@H]2C[C@@H]1C[C@H]1NCCc2c1[nH]c1ccccc21. The fourth-order valence-electron chi connectivity index (χ4n) is 7.81. The normalized spacial score (nSPS) is 33.1. The van der Waals surface area contributed by atoms with Crippen LogP contribution in [-0.4, -0.2) is 41.6 Å². The average Bonchev–Trinajstić information content (AvgIpc) is 3.43. The zero-order valence-electron chi connectivity index (χ0n) is 19.7. The van der Waals surface area contributed by atoms with E-state index in [4.69, 9.17) is 0 Å². The van der Waals surface area contributed by atoms with Gasteiger partial charge < -0.3 is 15.6 Å². The number of nitrogens with one attached hydrogen (secondary N) is 3. The van der Waals surface area contributed by atoms with E-state index < -0.39 is 0 Å². The van der Waals surface area contributed by atoms with Crippen molar-refractivity contribution in [3.05, 3.63) is 65.4 Å². The Morgan fingerprint density at radius 1 is 1.03 bits per heavy atom. The molecule has 4 nitrogen and oxygen atoms in total. The molecule has 2 saturated heterocycles. The number of para-hydroxylation sites is 2. The van der Waals surface area contributed by atoms with Gasteiger partial charge in [0.05, 0.1) is 0 Å². The predicted molar refractivity (Wildman–Crippen MR) is 136 cm³/mol. The van der Waals surface area contributed by atoms with Gasteiger partial charge in [0, 0.05) is 52.9 Å². The van der Waals surface area contributed by atoms with E-state index in [1.54, 1.807) is 11.1 Å². The minimum Gasteiger partial charge on any atom is -0.380 e. The van der Waals surface area contributed by atoms with Crippen molar-refractivity contribution in [2.75, 3.05) is 25.0 Å². The lowest BCUT2D eigenvalue weighted by atomic mass is 9.71. The highest BCUT2D eigenvalue weighted by atomic mass is 15.2. The number of nitrogens with zero attached hydrogens (tertiary/aromatic N) is 1. The van der Waals surface area contributed by atoms with Gasteiger partial charge in [0.2, 0.25) is 0 Å². The molecule has 33 heavy (non-hydrogen) atoms. The summed E-state index contributed by atoms with van der Waals surface area (Å²) in [5.41, 5.74) is 7.28. The third-order valence-corrected chi connectivity index (χ3v) is 9.43. The van der Waals surface area contributed by atoms with Gasteiger partial charge in [-0.1, -0.05) is 49.7 Å². The van der Waals surface area contributed by atoms with E-state index >= 15 is 0 Å². The van der Waals surface area contributed by atoms with Crippen LogP contribution in [0.1, 0.15) is 61.4 Å². The van der Waals surface area contributed by atoms with E-state index in [-0.39, 0.29) is 0 Å². The Morgan fingerprint density at radius 2 is 1.91 bits per heavy atom. The van der Waals surface area contributed by atoms with Crippen LogP contribution in [0.25, 0.3) is 10.9 Å². The van der Waals surface area contributed by atoms with Crippen LogP contribution in [0, 0.1) is 11.8 Å². The van der Waals surface area contributed by atoms with Crippen molar-refractivity contribution >= 4 is 16.6 Å². The van der Waals surface area contributed by atoms with Gasteiger partial charge in [-0.15, -0.1) is 0 Å². The molecule has 3 N–H and O–H groups in total. The minimum absolute atomic E-state index is 0.458. The number of piperidine rings is 2. The maximum Gasteiger partial charge on any atom is 0.0486 e. The van der Waals surface area contributed by atoms with E-state index in [0.29, 0.717) is 24.0 Å². The molecular formula is C29H36N4. The first-order chi connectivity index (χ1) is 16.3. The maximum absolute atomic E-state index is 3.96. The molecule has 1 aromatic heterocycles. The first kappa shape index (κ1) is 20.1. The summed E-state index contributed by atoms with van der Waals surface area (Å²) in [5.74, 6) is 2.27. The van der Waals surface area contributed by atoms with Crippen LogP contribution in [0.4, 0.5) is 5.69 Å². The Kier molecular flexibility index (Phi) is 4.80. The zero-order valence-corrected chi connectivity index (χ0v) is 19.7. The molecule has 0 amide bonds. The summed E-state index contributed by atoms with van der Waals surface area (Å²) in [6.07, 6.45) is 6.32. The highest BCUT2D eigenvalue weighted by Crippen LogP contribution is 2.48. The standard InChI is InChI=1S/C29H36N4/c1-2-18-17-33-14-12-23-21-8-4-6-10-25(21)32-29(23)27(33)16-19(18)15-26-28-22(11-13-30-26)20-7-3-5-9-24(20)31-28/h3-10,18-19,23,26-27,29-32H,2,11-17H2,1H3/t18-,19-,23?,26+,27-,29?/m0/s1. The highest BCUT2D eigenvalue weighted by Gasteiger charge is 2.47. The van der Waals surface area contributed by atoms with Crippen molar-refractivity contribution in [2.45, 2.75) is 63.1 Å². The van der Waals surface area contributed by atoms with Crippen molar-refractivity contribution in [3.63, 3.8) is 0 Å². The Labute approximate surface area is 197 Å². The molecule has 2 unspecified atom stereocenters. The van der Waals surface area contributed by atoms with E-state index in [9.17, 15) is 0 Å². The Hall–Kier alpha value is -2.30. The summed E-state index contributed by atoms with van der Waals surface area (Å²) in [5, 5.41) is 9.30. The van der Waals surface area contributed by atoms with Gasteiger partial charge in [-0.25, -0.2) is 0 Å². The summed E-state index contributed by atoms with van der Waals surface area (Å²) in [7, 11) is 0. The second-order valence-electron chi connectivity index (χ2n) is 10.9. The number of benzene rings is 2. The molecule has 4 heteroatoms. The van der Waals surface area contributed by atoms with Gasteiger partial charge in [0.1, 0.15) is 0 Å².